The van der Waals surface area contributed by atoms with E-state index in [-0.39, 0.29) is 11.5 Å². The molecule has 2 aromatic carbocycles. The molecule has 0 saturated heterocycles. The number of benzene rings is 2. The molecule has 3 aromatic rings. The van der Waals surface area contributed by atoms with E-state index in [1.165, 1.54) is 28.8 Å². The zero-order chi connectivity index (χ0) is 16.6. The number of halogens is 4. The first-order chi connectivity index (χ1) is 10.9. The highest BCUT2D eigenvalue weighted by molar-refractivity contribution is 5.65. The summed E-state index contributed by atoms with van der Waals surface area (Å²) in [5.41, 5.74) is 1.25. The van der Waals surface area contributed by atoms with Crippen LogP contribution in [0.5, 0.6) is 0 Å². The second-order valence-corrected chi connectivity index (χ2v) is 5.22. The first-order valence-corrected chi connectivity index (χ1v) is 6.99. The fraction of sp³-hybridized carbons (Fsp3) is 0.111. The van der Waals surface area contributed by atoms with Crippen LogP contribution >= 0.6 is 0 Å². The molecule has 0 unspecified atom stereocenters. The Hall–Kier alpha value is -2.56. The van der Waals surface area contributed by atoms with Crippen molar-refractivity contribution in [1.82, 2.24) is 4.57 Å². The third-order valence-corrected chi connectivity index (χ3v) is 3.67. The summed E-state index contributed by atoms with van der Waals surface area (Å²) in [4.78, 5) is 0. The summed E-state index contributed by atoms with van der Waals surface area (Å²) in [6.45, 7) is 1.74. The molecular formula is C18H13F4N. The van der Waals surface area contributed by atoms with Crippen molar-refractivity contribution in [3.8, 4) is 16.9 Å². The summed E-state index contributed by atoms with van der Waals surface area (Å²) >= 11 is 0. The van der Waals surface area contributed by atoms with Crippen molar-refractivity contribution >= 4 is 0 Å². The van der Waals surface area contributed by atoms with Gasteiger partial charge >= 0.3 is 6.18 Å². The molecule has 0 aliphatic carbocycles. The first kappa shape index (κ1) is 15.3. The molecule has 0 aliphatic rings. The van der Waals surface area contributed by atoms with E-state index in [0.717, 1.165) is 6.07 Å². The van der Waals surface area contributed by atoms with E-state index in [1.807, 2.05) is 0 Å². The summed E-state index contributed by atoms with van der Waals surface area (Å²) < 4.78 is 54.5. The second-order valence-electron chi connectivity index (χ2n) is 5.22. The van der Waals surface area contributed by atoms with Gasteiger partial charge in [-0.3, -0.25) is 0 Å². The van der Waals surface area contributed by atoms with Crippen LogP contribution in [0.15, 0.2) is 60.7 Å². The maximum Gasteiger partial charge on any atom is 0.418 e. The van der Waals surface area contributed by atoms with Gasteiger partial charge in [-0.1, -0.05) is 12.1 Å². The van der Waals surface area contributed by atoms with Crippen molar-refractivity contribution in [2.75, 3.05) is 0 Å². The SMILES string of the molecule is Cc1ccc(-c2ccc(F)cc2)n1-c1ccccc1C(F)(F)F. The molecule has 0 spiro atoms. The van der Waals surface area contributed by atoms with Crippen LogP contribution in [0.4, 0.5) is 17.6 Å². The number of nitrogens with zero attached hydrogens (tertiary/aromatic N) is 1. The zero-order valence-corrected chi connectivity index (χ0v) is 12.2. The Morgan fingerprint density at radius 3 is 2.13 bits per heavy atom. The molecule has 0 aliphatic heterocycles. The minimum atomic E-state index is -4.45. The van der Waals surface area contributed by atoms with Crippen molar-refractivity contribution in [3.05, 3.63) is 77.7 Å². The molecule has 5 heteroatoms. The van der Waals surface area contributed by atoms with Gasteiger partial charge in [0.2, 0.25) is 0 Å². The Labute approximate surface area is 130 Å². The fourth-order valence-electron chi connectivity index (χ4n) is 2.61. The number of aryl methyl sites for hydroxylation is 1. The molecule has 0 atom stereocenters. The van der Waals surface area contributed by atoms with Crippen LogP contribution in [0.3, 0.4) is 0 Å². The molecule has 23 heavy (non-hydrogen) atoms. The van der Waals surface area contributed by atoms with Gasteiger partial charge in [0.25, 0.3) is 0 Å². The monoisotopic (exact) mass is 319 g/mol. The standard InChI is InChI=1S/C18H13F4N/c1-12-6-11-16(13-7-9-14(19)10-8-13)23(12)17-5-3-2-4-15(17)18(20,21)22/h2-11H,1H3. The molecule has 1 heterocycles. The van der Waals surface area contributed by atoms with E-state index in [1.54, 1.807) is 37.3 Å². The smallest absolute Gasteiger partial charge is 0.313 e. The fourth-order valence-corrected chi connectivity index (χ4v) is 2.61. The van der Waals surface area contributed by atoms with E-state index >= 15 is 0 Å². The summed E-state index contributed by atoms with van der Waals surface area (Å²) in [6, 6.07) is 14.6. The molecule has 0 radical (unpaired) electrons. The van der Waals surface area contributed by atoms with Crippen LogP contribution in [0.25, 0.3) is 16.9 Å². The normalized spacial score (nSPS) is 11.7. The van der Waals surface area contributed by atoms with Crippen LogP contribution in [-0.4, -0.2) is 4.57 Å². The quantitative estimate of drug-likeness (QED) is 0.541. The average molecular weight is 319 g/mol. The molecule has 0 bridgehead atoms. The van der Waals surface area contributed by atoms with Gasteiger partial charge in [0.1, 0.15) is 5.82 Å². The van der Waals surface area contributed by atoms with Gasteiger partial charge in [-0.25, -0.2) is 4.39 Å². The molecule has 0 fully saturated rings. The van der Waals surface area contributed by atoms with Crippen molar-refractivity contribution in [2.24, 2.45) is 0 Å². The number of alkyl halides is 3. The van der Waals surface area contributed by atoms with E-state index in [9.17, 15) is 17.6 Å². The van der Waals surface area contributed by atoms with Gasteiger partial charge in [-0.2, -0.15) is 13.2 Å². The molecule has 0 N–H and O–H groups in total. The Morgan fingerprint density at radius 1 is 0.826 bits per heavy atom. The van der Waals surface area contributed by atoms with Gasteiger partial charge in [0.15, 0.2) is 0 Å². The summed E-state index contributed by atoms with van der Waals surface area (Å²) in [5.74, 6) is -0.390. The Balaban J connectivity index is 2.23. The van der Waals surface area contributed by atoms with Crippen molar-refractivity contribution in [2.45, 2.75) is 13.1 Å². The van der Waals surface area contributed by atoms with Crippen molar-refractivity contribution in [1.29, 1.82) is 0 Å². The number of aromatic nitrogens is 1. The molecule has 3 rings (SSSR count). The molecule has 0 amide bonds. The third-order valence-electron chi connectivity index (χ3n) is 3.67. The highest BCUT2D eigenvalue weighted by Crippen LogP contribution is 2.36. The zero-order valence-electron chi connectivity index (χ0n) is 12.2. The van der Waals surface area contributed by atoms with E-state index < -0.39 is 11.7 Å². The maximum absolute atomic E-state index is 13.3. The third kappa shape index (κ3) is 2.86. The minimum Gasteiger partial charge on any atom is -0.313 e. The largest absolute Gasteiger partial charge is 0.418 e. The predicted molar refractivity (Wildman–Crippen MR) is 80.9 cm³/mol. The van der Waals surface area contributed by atoms with E-state index in [2.05, 4.69) is 0 Å². The number of rotatable bonds is 2. The van der Waals surface area contributed by atoms with Crippen LogP contribution in [0.2, 0.25) is 0 Å². The maximum atomic E-state index is 13.3. The lowest BCUT2D eigenvalue weighted by atomic mass is 10.1. The number of para-hydroxylation sites is 1. The van der Waals surface area contributed by atoms with Gasteiger partial charge in [-0.15, -0.1) is 0 Å². The van der Waals surface area contributed by atoms with Gasteiger partial charge < -0.3 is 4.57 Å². The molecular weight excluding hydrogens is 306 g/mol. The molecule has 0 saturated carbocycles. The number of hydrogen-bond donors (Lipinski definition) is 0. The topological polar surface area (TPSA) is 4.93 Å². The van der Waals surface area contributed by atoms with E-state index in [0.29, 0.717) is 17.0 Å². The highest BCUT2D eigenvalue weighted by Gasteiger charge is 2.34. The minimum absolute atomic E-state index is 0.0572. The summed E-state index contributed by atoms with van der Waals surface area (Å²) in [6.07, 6.45) is -4.45. The Bertz CT molecular complexity index is 829. The van der Waals surface area contributed by atoms with Gasteiger partial charge in [0, 0.05) is 5.69 Å². The van der Waals surface area contributed by atoms with Crippen LogP contribution < -0.4 is 0 Å². The van der Waals surface area contributed by atoms with Crippen molar-refractivity contribution < 1.29 is 17.6 Å². The van der Waals surface area contributed by atoms with Gasteiger partial charge in [0.05, 0.1) is 16.9 Å². The van der Waals surface area contributed by atoms with Crippen LogP contribution in [0.1, 0.15) is 11.3 Å². The highest BCUT2D eigenvalue weighted by atomic mass is 19.4. The Kier molecular flexibility index (Phi) is 3.72. The predicted octanol–water partition coefficient (Wildman–Crippen LogP) is 5.61. The molecule has 118 valence electrons. The molecule has 1 aromatic heterocycles. The summed E-state index contributed by atoms with van der Waals surface area (Å²) in [5, 5.41) is 0. The van der Waals surface area contributed by atoms with Gasteiger partial charge in [-0.05, 0) is 61.0 Å². The van der Waals surface area contributed by atoms with Crippen LogP contribution in [0, 0.1) is 12.7 Å². The van der Waals surface area contributed by atoms with Crippen molar-refractivity contribution in [3.63, 3.8) is 0 Å². The second kappa shape index (κ2) is 5.57. The number of hydrogen-bond acceptors (Lipinski definition) is 0. The molecule has 1 nitrogen and oxygen atoms in total. The lowest BCUT2D eigenvalue weighted by Gasteiger charge is -2.18. The lowest BCUT2D eigenvalue weighted by Crippen LogP contribution is -2.11. The summed E-state index contributed by atoms with van der Waals surface area (Å²) in [7, 11) is 0. The Morgan fingerprint density at radius 2 is 1.48 bits per heavy atom. The first-order valence-electron chi connectivity index (χ1n) is 6.99. The van der Waals surface area contributed by atoms with Crippen LogP contribution in [-0.2, 0) is 6.18 Å². The average Bonchev–Trinajstić information content (AvgIpc) is 2.89. The lowest BCUT2D eigenvalue weighted by molar-refractivity contribution is -0.137. The van der Waals surface area contributed by atoms with E-state index in [4.69, 9.17) is 0 Å².